The molecule has 17 heavy (non-hydrogen) atoms. The second-order valence-corrected chi connectivity index (χ2v) is 6.75. The maximum atomic E-state index is 12.4. The summed E-state index contributed by atoms with van der Waals surface area (Å²) in [5, 5.41) is 8.53. The normalized spacial score (nSPS) is 20.0. The van der Waals surface area contributed by atoms with Crippen molar-refractivity contribution >= 4 is 10.0 Å². The van der Waals surface area contributed by atoms with E-state index in [0.29, 0.717) is 6.42 Å². The molecule has 0 aromatic rings. The number of hydrogen-bond donors (Lipinski definition) is 2. The van der Waals surface area contributed by atoms with Gasteiger partial charge >= 0.3 is 0 Å². The van der Waals surface area contributed by atoms with Crippen LogP contribution in [0, 0.1) is 0 Å². The highest BCUT2D eigenvalue weighted by molar-refractivity contribution is 7.89. The summed E-state index contributed by atoms with van der Waals surface area (Å²) in [5.41, 5.74) is 5.53. The van der Waals surface area contributed by atoms with E-state index in [1.807, 2.05) is 6.92 Å². The zero-order valence-electron chi connectivity index (χ0n) is 10.5. The molecule has 6 heteroatoms. The van der Waals surface area contributed by atoms with E-state index >= 15 is 0 Å². The highest BCUT2D eigenvalue weighted by Crippen LogP contribution is 2.27. The maximum absolute atomic E-state index is 12.4. The molecule has 0 saturated heterocycles. The van der Waals surface area contributed by atoms with Crippen LogP contribution in [0.3, 0.4) is 0 Å². The van der Waals surface area contributed by atoms with Crippen LogP contribution in [0.1, 0.15) is 39.0 Å². The summed E-state index contributed by atoms with van der Waals surface area (Å²) in [5.74, 6) is 0. The van der Waals surface area contributed by atoms with Gasteiger partial charge < -0.3 is 10.8 Å². The molecule has 0 amide bonds. The van der Waals surface area contributed by atoms with Crippen molar-refractivity contribution in [3.8, 4) is 0 Å². The molecule has 0 radical (unpaired) electrons. The number of aliphatic hydroxyl groups is 1. The van der Waals surface area contributed by atoms with Gasteiger partial charge in [0, 0.05) is 19.1 Å². The largest absolute Gasteiger partial charge is 0.395 e. The van der Waals surface area contributed by atoms with Gasteiger partial charge in [-0.3, -0.25) is 0 Å². The van der Waals surface area contributed by atoms with Gasteiger partial charge in [-0.15, -0.1) is 0 Å². The molecule has 0 aromatic carbocycles. The molecule has 0 spiro atoms. The van der Waals surface area contributed by atoms with Gasteiger partial charge in [0.25, 0.3) is 0 Å². The smallest absolute Gasteiger partial charge is 0.218 e. The fourth-order valence-electron chi connectivity index (χ4n) is 2.50. The molecule has 0 aliphatic heterocycles. The Hall–Kier alpha value is -0.170. The van der Waals surface area contributed by atoms with Crippen molar-refractivity contribution in [2.24, 2.45) is 5.73 Å². The third-order valence-corrected chi connectivity index (χ3v) is 6.02. The predicted octanol–water partition coefficient (Wildman–Crippen LogP) is 0.290. The second-order valence-electron chi connectivity index (χ2n) is 4.58. The van der Waals surface area contributed by atoms with Gasteiger partial charge in [0.05, 0.1) is 11.9 Å². The number of nitrogens with two attached hydrogens (primary N) is 1. The second kappa shape index (κ2) is 6.68. The van der Waals surface area contributed by atoms with Gasteiger partial charge in [0.15, 0.2) is 0 Å². The lowest BCUT2D eigenvalue weighted by molar-refractivity contribution is 0.225. The van der Waals surface area contributed by atoms with Crippen LogP contribution in [0.5, 0.6) is 0 Å². The van der Waals surface area contributed by atoms with Gasteiger partial charge in [0.2, 0.25) is 10.0 Å². The average molecular weight is 264 g/mol. The fraction of sp³-hybridized carbons (Fsp3) is 1.00. The summed E-state index contributed by atoms with van der Waals surface area (Å²) < 4.78 is 26.3. The summed E-state index contributed by atoms with van der Waals surface area (Å²) in [6, 6.07) is 0.0627. The van der Waals surface area contributed by atoms with Gasteiger partial charge in [-0.25, -0.2) is 8.42 Å². The minimum absolute atomic E-state index is 0.0627. The first kappa shape index (κ1) is 14.9. The Kier molecular flexibility index (Phi) is 5.85. The molecule has 102 valence electrons. The zero-order valence-corrected chi connectivity index (χ0v) is 11.3. The monoisotopic (exact) mass is 264 g/mol. The maximum Gasteiger partial charge on any atom is 0.218 e. The standard InChI is InChI=1S/C11H24N2O3S/c1-2-11(9-12)17(15,16)13(7-8-14)10-5-3-4-6-10/h10-11,14H,2-9,12H2,1H3. The Bertz CT molecular complexity index is 309. The van der Waals surface area contributed by atoms with Gasteiger partial charge in [-0.1, -0.05) is 19.8 Å². The van der Waals surface area contributed by atoms with Crippen molar-refractivity contribution in [3.05, 3.63) is 0 Å². The van der Waals surface area contributed by atoms with Crippen LogP contribution >= 0.6 is 0 Å². The molecule has 3 N–H and O–H groups in total. The van der Waals surface area contributed by atoms with Crippen molar-refractivity contribution in [3.63, 3.8) is 0 Å². The summed E-state index contributed by atoms with van der Waals surface area (Å²) >= 11 is 0. The summed E-state index contributed by atoms with van der Waals surface area (Å²) in [6.07, 6.45) is 4.47. The topological polar surface area (TPSA) is 83.6 Å². The summed E-state index contributed by atoms with van der Waals surface area (Å²) in [6.45, 7) is 2.05. The van der Waals surface area contributed by atoms with Crippen LogP contribution in [0.15, 0.2) is 0 Å². The highest BCUT2D eigenvalue weighted by atomic mass is 32.2. The third-order valence-electron chi connectivity index (χ3n) is 3.52. The Morgan fingerprint density at radius 3 is 2.41 bits per heavy atom. The van der Waals surface area contributed by atoms with E-state index in [-0.39, 0.29) is 25.7 Å². The molecule has 5 nitrogen and oxygen atoms in total. The van der Waals surface area contributed by atoms with E-state index in [4.69, 9.17) is 10.8 Å². The number of sulfonamides is 1. The van der Waals surface area contributed by atoms with E-state index in [1.54, 1.807) is 0 Å². The molecule has 0 bridgehead atoms. The van der Waals surface area contributed by atoms with Crippen molar-refractivity contribution < 1.29 is 13.5 Å². The lowest BCUT2D eigenvalue weighted by Crippen LogP contribution is -2.47. The third kappa shape index (κ3) is 3.40. The lowest BCUT2D eigenvalue weighted by Gasteiger charge is -2.30. The van der Waals surface area contributed by atoms with E-state index in [9.17, 15) is 8.42 Å². The minimum atomic E-state index is -3.36. The number of nitrogens with zero attached hydrogens (tertiary/aromatic N) is 1. The lowest BCUT2D eigenvalue weighted by atomic mass is 10.2. The molecule has 1 aliphatic rings. The zero-order chi connectivity index (χ0) is 12.9. The number of aliphatic hydroxyl groups excluding tert-OH is 1. The van der Waals surface area contributed by atoms with E-state index in [0.717, 1.165) is 25.7 Å². The Morgan fingerprint density at radius 1 is 1.41 bits per heavy atom. The molecule has 1 atom stereocenters. The van der Waals surface area contributed by atoms with E-state index in [1.165, 1.54) is 4.31 Å². The van der Waals surface area contributed by atoms with Crippen molar-refractivity contribution in [2.75, 3.05) is 19.7 Å². The molecular formula is C11H24N2O3S. The first-order valence-electron chi connectivity index (χ1n) is 6.39. The summed E-state index contributed by atoms with van der Waals surface area (Å²) in [7, 11) is -3.36. The first-order valence-corrected chi connectivity index (χ1v) is 7.89. The van der Waals surface area contributed by atoms with Gasteiger partial charge in [-0.05, 0) is 19.3 Å². The van der Waals surface area contributed by atoms with E-state index in [2.05, 4.69) is 0 Å². The molecule has 1 rings (SSSR count). The molecule has 0 aromatic heterocycles. The summed E-state index contributed by atoms with van der Waals surface area (Å²) in [4.78, 5) is 0. The van der Waals surface area contributed by atoms with Crippen LogP contribution in [-0.2, 0) is 10.0 Å². The van der Waals surface area contributed by atoms with Crippen LogP contribution < -0.4 is 5.73 Å². The highest BCUT2D eigenvalue weighted by Gasteiger charge is 2.35. The molecule has 1 saturated carbocycles. The average Bonchev–Trinajstić information content (AvgIpc) is 2.80. The van der Waals surface area contributed by atoms with Crippen molar-refractivity contribution in [1.82, 2.24) is 4.31 Å². The predicted molar refractivity (Wildman–Crippen MR) is 68.1 cm³/mol. The minimum Gasteiger partial charge on any atom is -0.395 e. The van der Waals surface area contributed by atoms with Gasteiger partial charge in [-0.2, -0.15) is 4.31 Å². The van der Waals surface area contributed by atoms with Gasteiger partial charge in [0.1, 0.15) is 0 Å². The molecule has 0 heterocycles. The number of hydrogen-bond acceptors (Lipinski definition) is 4. The number of rotatable bonds is 7. The molecular weight excluding hydrogens is 240 g/mol. The van der Waals surface area contributed by atoms with Crippen molar-refractivity contribution in [2.45, 2.75) is 50.3 Å². The fourth-order valence-corrected chi connectivity index (χ4v) is 4.51. The molecule has 1 aliphatic carbocycles. The van der Waals surface area contributed by atoms with Crippen LogP contribution in [-0.4, -0.2) is 48.8 Å². The first-order chi connectivity index (χ1) is 8.07. The Morgan fingerprint density at radius 2 is 2.00 bits per heavy atom. The van der Waals surface area contributed by atoms with Crippen LogP contribution in [0.4, 0.5) is 0 Å². The van der Waals surface area contributed by atoms with E-state index < -0.39 is 15.3 Å². The molecule has 1 fully saturated rings. The quantitative estimate of drug-likeness (QED) is 0.692. The van der Waals surface area contributed by atoms with Crippen molar-refractivity contribution in [1.29, 1.82) is 0 Å². The van der Waals surface area contributed by atoms with Crippen LogP contribution in [0.2, 0.25) is 0 Å². The molecule has 1 unspecified atom stereocenters. The SMILES string of the molecule is CCC(CN)S(=O)(=O)N(CCO)C1CCCC1. The van der Waals surface area contributed by atoms with Crippen LogP contribution in [0.25, 0.3) is 0 Å². The Labute approximate surface area is 104 Å². The Balaban J connectivity index is 2.87.